The minimum absolute atomic E-state index is 0.0378. The lowest BCUT2D eigenvalue weighted by Crippen LogP contribution is -2.39. The van der Waals surface area contributed by atoms with Crippen molar-refractivity contribution in [3.63, 3.8) is 0 Å². The highest BCUT2D eigenvalue weighted by atomic mass is 19.4. The van der Waals surface area contributed by atoms with E-state index in [1.54, 1.807) is 30.3 Å². The number of para-hydroxylation sites is 1. The molecule has 3 aromatic rings. The van der Waals surface area contributed by atoms with Crippen molar-refractivity contribution < 1.29 is 45.0 Å². The lowest BCUT2D eigenvalue weighted by atomic mass is 10.1. The van der Waals surface area contributed by atoms with Gasteiger partial charge in [0.2, 0.25) is 0 Å². The fourth-order valence-electron chi connectivity index (χ4n) is 3.01. The molecule has 1 N–H and O–H groups in total. The number of alkyl halides is 8. The van der Waals surface area contributed by atoms with Gasteiger partial charge in [0.25, 0.3) is 0 Å². The van der Waals surface area contributed by atoms with Gasteiger partial charge in [0.1, 0.15) is 11.5 Å². The minimum Gasteiger partial charge on any atom is -0.457 e. The molecule has 0 aliphatic heterocycles. The molecule has 0 aromatic heterocycles. The number of anilines is 2. The fourth-order valence-corrected chi connectivity index (χ4v) is 3.01. The van der Waals surface area contributed by atoms with Crippen LogP contribution >= 0.6 is 0 Å². The summed E-state index contributed by atoms with van der Waals surface area (Å²) in [7, 11) is 0. The highest BCUT2D eigenvalue weighted by Crippen LogP contribution is 2.45. The Kier molecular flexibility index (Phi) is 7.06. The number of aliphatic hydroxyl groups is 1. The molecule has 3 rings (SSSR count). The Bertz CT molecular complexity index is 1100. The molecule has 0 heterocycles. The molecular weight excluding hydrogens is 474 g/mol. The van der Waals surface area contributed by atoms with Gasteiger partial charge < -0.3 is 14.7 Å². The summed E-state index contributed by atoms with van der Waals surface area (Å²) in [6.45, 7) is -1.17. The standard InChI is InChI=1S/C23H17F8NO2/c24-21(25,23(29,30)31)15-6-4-7-16(12-15)32(14-20(33)22(26,27)28)17-8-5-11-19(13-17)34-18-9-2-1-3-10-18/h1-13,20,33H,14H2. The number of benzene rings is 3. The zero-order valence-corrected chi connectivity index (χ0v) is 17.1. The van der Waals surface area contributed by atoms with Crippen LogP contribution in [0.1, 0.15) is 5.56 Å². The average molecular weight is 491 g/mol. The Balaban J connectivity index is 2.04. The van der Waals surface area contributed by atoms with E-state index in [9.17, 15) is 40.2 Å². The molecule has 3 nitrogen and oxygen atoms in total. The molecule has 0 aliphatic carbocycles. The van der Waals surface area contributed by atoms with Gasteiger partial charge in [0.15, 0.2) is 6.10 Å². The van der Waals surface area contributed by atoms with Gasteiger partial charge in [-0.15, -0.1) is 0 Å². The van der Waals surface area contributed by atoms with Crippen LogP contribution in [-0.2, 0) is 5.92 Å². The van der Waals surface area contributed by atoms with E-state index in [2.05, 4.69) is 0 Å². The predicted molar refractivity (Wildman–Crippen MR) is 108 cm³/mol. The molecule has 11 heteroatoms. The molecule has 0 saturated heterocycles. The van der Waals surface area contributed by atoms with Crippen LogP contribution in [0.5, 0.6) is 11.5 Å². The largest absolute Gasteiger partial charge is 0.458 e. The van der Waals surface area contributed by atoms with Gasteiger partial charge in [-0.1, -0.05) is 36.4 Å². The first-order chi connectivity index (χ1) is 15.8. The number of hydrogen-bond donors (Lipinski definition) is 1. The zero-order chi connectivity index (χ0) is 25.1. The summed E-state index contributed by atoms with van der Waals surface area (Å²) in [5.74, 6) is -4.68. The molecule has 0 radical (unpaired) electrons. The average Bonchev–Trinajstić information content (AvgIpc) is 2.77. The van der Waals surface area contributed by atoms with E-state index in [1.807, 2.05) is 0 Å². The number of ether oxygens (including phenoxy) is 1. The van der Waals surface area contributed by atoms with E-state index in [0.717, 1.165) is 17.0 Å². The third kappa shape index (κ3) is 5.77. The lowest BCUT2D eigenvalue weighted by Gasteiger charge is -2.29. The van der Waals surface area contributed by atoms with Gasteiger partial charge in [0.05, 0.1) is 6.54 Å². The van der Waals surface area contributed by atoms with E-state index < -0.39 is 42.2 Å². The summed E-state index contributed by atoms with van der Waals surface area (Å²) in [5, 5.41) is 9.62. The third-order valence-electron chi connectivity index (χ3n) is 4.72. The van der Waals surface area contributed by atoms with Gasteiger partial charge in [-0.25, -0.2) is 0 Å². The molecule has 0 amide bonds. The van der Waals surface area contributed by atoms with Crippen molar-refractivity contribution >= 4 is 11.4 Å². The Morgan fingerprint density at radius 2 is 1.26 bits per heavy atom. The van der Waals surface area contributed by atoms with Gasteiger partial charge in [0, 0.05) is 23.0 Å². The van der Waals surface area contributed by atoms with Crippen LogP contribution in [0.2, 0.25) is 0 Å². The number of aliphatic hydroxyl groups excluding tert-OH is 1. The van der Waals surface area contributed by atoms with Crippen LogP contribution in [0.25, 0.3) is 0 Å². The number of halogens is 8. The van der Waals surface area contributed by atoms with Crippen molar-refractivity contribution in [2.24, 2.45) is 0 Å². The summed E-state index contributed by atoms with van der Waals surface area (Å²) in [6.07, 6.45) is -13.9. The molecule has 0 saturated carbocycles. The Morgan fingerprint density at radius 1 is 0.706 bits per heavy atom. The summed E-state index contributed by atoms with van der Waals surface area (Å²) in [5.41, 5.74) is -1.91. The topological polar surface area (TPSA) is 32.7 Å². The first-order valence-corrected chi connectivity index (χ1v) is 9.69. The highest BCUT2D eigenvalue weighted by Gasteiger charge is 2.58. The molecular formula is C23H17F8NO2. The van der Waals surface area contributed by atoms with Crippen molar-refractivity contribution in [2.45, 2.75) is 24.4 Å². The quantitative estimate of drug-likeness (QED) is 0.355. The van der Waals surface area contributed by atoms with E-state index >= 15 is 0 Å². The Morgan fingerprint density at radius 3 is 1.85 bits per heavy atom. The minimum atomic E-state index is -5.91. The molecule has 3 aromatic carbocycles. The second kappa shape index (κ2) is 9.49. The van der Waals surface area contributed by atoms with E-state index in [0.29, 0.717) is 17.9 Å². The van der Waals surface area contributed by atoms with E-state index in [-0.39, 0.29) is 11.4 Å². The summed E-state index contributed by atoms with van der Waals surface area (Å²) in [4.78, 5) is 0.784. The van der Waals surface area contributed by atoms with Crippen LogP contribution in [0.3, 0.4) is 0 Å². The van der Waals surface area contributed by atoms with Crippen molar-refractivity contribution in [1.29, 1.82) is 0 Å². The second-order valence-electron chi connectivity index (χ2n) is 7.20. The van der Waals surface area contributed by atoms with E-state index in [4.69, 9.17) is 4.74 Å². The highest BCUT2D eigenvalue weighted by molar-refractivity contribution is 5.66. The summed E-state index contributed by atoms with van der Waals surface area (Å²) >= 11 is 0. The fraction of sp³-hybridized carbons (Fsp3) is 0.217. The van der Waals surface area contributed by atoms with Crippen molar-refractivity contribution in [1.82, 2.24) is 0 Å². The summed E-state index contributed by atoms with van der Waals surface area (Å²) in [6, 6.07) is 16.6. The number of hydrogen-bond acceptors (Lipinski definition) is 3. The lowest BCUT2D eigenvalue weighted by molar-refractivity contribution is -0.289. The van der Waals surface area contributed by atoms with E-state index in [1.165, 1.54) is 24.3 Å². The first kappa shape index (κ1) is 25.3. The number of rotatable bonds is 7. The monoisotopic (exact) mass is 491 g/mol. The smallest absolute Gasteiger partial charge is 0.457 e. The Labute approximate surface area is 188 Å². The third-order valence-corrected chi connectivity index (χ3v) is 4.72. The van der Waals surface area contributed by atoms with Crippen molar-refractivity contribution in [2.75, 3.05) is 11.4 Å². The maximum absolute atomic E-state index is 13.9. The van der Waals surface area contributed by atoms with Crippen molar-refractivity contribution in [3.8, 4) is 11.5 Å². The predicted octanol–water partition coefficient (Wildman–Crippen LogP) is 7.19. The molecule has 182 valence electrons. The van der Waals surface area contributed by atoms with Gasteiger partial charge in [-0.3, -0.25) is 0 Å². The van der Waals surface area contributed by atoms with Crippen LogP contribution in [0, 0.1) is 0 Å². The molecule has 0 fully saturated rings. The molecule has 1 atom stereocenters. The van der Waals surface area contributed by atoms with Gasteiger partial charge in [-0.2, -0.15) is 35.1 Å². The SMILES string of the molecule is OC(CN(c1cccc(Oc2ccccc2)c1)c1cccc(C(F)(F)C(F)(F)F)c1)C(F)(F)F. The van der Waals surface area contributed by atoms with Crippen LogP contribution in [0.15, 0.2) is 78.9 Å². The molecule has 0 bridgehead atoms. The maximum Gasteiger partial charge on any atom is 0.458 e. The summed E-state index contributed by atoms with van der Waals surface area (Å²) < 4.78 is 111. The second-order valence-corrected chi connectivity index (χ2v) is 7.20. The first-order valence-electron chi connectivity index (χ1n) is 9.69. The van der Waals surface area contributed by atoms with Crippen LogP contribution in [-0.4, -0.2) is 30.1 Å². The molecule has 0 aliphatic rings. The molecule has 1 unspecified atom stereocenters. The zero-order valence-electron chi connectivity index (χ0n) is 17.1. The van der Waals surface area contributed by atoms with Crippen LogP contribution < -0.4 is 9.64 Å². The van der Waals surface area contributed by atoms with Gasteiger partial charge >= 0.3 is 18.3 Å². The number of nitrogens with zero attached hydrogens (tertiary/aromatic N) is 1. The molecule has 34 heavy (non-hydrogen) atoms. The van der Waals surface area contributed by atoms with Crippen molar-refractivity contribution in [3.05, 3.63) is 84.4 Å². The Hall–Kier alpha value is -3.34. The normalized spacial score (nSPS) is 13.4. The molecule has 0 spiro atoms. The maximum atomic E-state index is 13.9. The van der Waals surface area contributed by atoms with Gasteiger partial charge in [-0.05, 0) is 36.4 Å². The van der Waals surface area contributed by atoms with Crippen LogP contribution in [0.4, 0.5) is 46.5 Å².